The minimum absolute atomic E-state index is 0.280. The zero-order valence-corrected chi connectivity index (χ0v) is 11.7. The molecule has 90 valence electrons. The summed E-state index contributed by atoms with van der Waals surface area (Å²) in [5.74, 6) is 0.959. The van der Waals surface area contributed by atoms with Gasteiger partial charge in [0.1, 0.15) is 0 Å². The first-order valence-electron chi connectivity index (χ1n) is 6.03. The Morgan fingerprint density at radius 3 is 2.56 bits per heavy atom. The molecule has 0 heterocycles. The zero-order valence-electron chi connectivity index (χ0n) is 10.1. The fourth-order valence-electron chi connectivity index (χ4n) is 2.08. The molecule has 0 amide bonds. The van der Waals surface area contributed by atoms with Crippen LogP contribution in [0.5, 0.6) is 0 Å². The molecule has 1 rings (SSSR count). The van der Waals surface area contributed by atoms with E-state index in [1.807, 2.05) is 6.07 Å². The van der Waals surface area contributed by atoms with Gasteiger partial charge in [0.15, 0.2) is 0 Å². The van der Waals surface area contributed by atoms with Gasteiger partial charge in [-0.25, -0.2) is 0 Å². The van der Waals surface area contributed by atoms with E-state index in [2.05, 4.69) is 48.0 Å². The summed E-state index contributed by atoms with van der Waals surface area (Å²) in [5, 5.41) is 9.46. The summed E-state index contributed by atoms with van der Waals surface area (Å²) < 4.78 is 1.15. The van der Waals surface area contributed by atoms with Crippen molar-refractivity contribution in [1.82, 2.24) is 0 Å². The number of hydrogen-bond donors (Lipinski definition) is 1. The molecule has 1 aromatic rings. The Morgan fingerprint density at radius 1 is 1.31 bits per heavy atom. The molecular weight excluding hydrogens is 264 g/mol. The van der Waals surface area contributed by atoms with Gasteiger partial charge in [-0.2, -0.15) is 0 Å². The Morgan fingerprint density at radius 2 is 2.00 bits per heavy atom. The lowest BCUT2D eigenvalue weighted by Crippen LogP contribution is -2.18. The molecule has 0 aliphatic rings. The standard InChI is InChI=1S/C14H21BrO/c1-3-6-11(2)13(10-16)9-12-7-4-5-8-14(12)15/h4-5,7-8,11,13,16H,3,6,9-10H2,1-2H3. The highest BCUT2D eigenvalue weighted by Crippen LogP contribution is 2.25. The van der Waals surface area contributed by atoms with Gasteiger partial charge in [0.05, 0.1) is 0 Å². The molecule has 0 bridgehead atoms. The van der Waals surface area contributed by atoms with Gasteiger partial charge >= 0.3 is 0 Å². The van der Waals surface area contributed by atoms with Crippen molar-refractivity contribution in [3.63, 3.8) is 0 Å². The number of rotatable bonds is 6. The van der Waals surface area contributed by atoms with Gasteiger partial charge in [-0.3, -0.25) is 0 Å². The highest BCUT2D eigenvalue weighted by atomic mass is 79.9. The molecule has 0 aliphatic carbocycles. The van der Waals surface area contributed by atoms with E-state index in [1.165, 1.54) is 18.4 Å². The molecule has 0 aromatic heterocycles. The van der Waals surface area contributed by atoms with Crippen LogP contribution in [-0.2, 0) is 6.42 Å². The van der Waals surface area contributed by atoms with E-state index >= 15 is 0 Å². The SMILES string of the molecule is CCCC(C)C(CO)Cc1ccccc1Br. The van der Waals surface area contributed by atoms with Crippen LogP contribution in [0, 0.1) is 11.8 Å². The van der Waals surface area contributed by atoms with Gasteiger partial charge in [-0.05, 0) is 29.9 Å². The van der Waals surface area contributed by atoms with Crippen molar-refractivity contribution in [3.05, 3.63) is 34.3 Å². The van der Waals surface area contributed by atoms with E-state index in [9.17, 15) is 5.11 Å². The number of aliphatic hydroxyl groups is 1. The van der Waals surface area contributed by atoms with Crippen LogP contribution >= 0.6 is 15.9 Å². The van der Waals surface area contributed by atoms with Gasteiger partial charge in [-0.1, -0.05) is 60.8 Å². The predicted octanol–water partition coefficient (Wildman–Crippen LogP) is 4.04. The van der Waals surface area contributed by atoms with E-state index in [-0.39, 0.29) is 6.61 Å². The van der Waals surface area contributed by atoms with Crippen LogP contribution < -0.4 is 0 Å². The van der Waals surface area contributed by atoms with Crippen molar-refractivity contribution in [2.24, 2.45) is 11.8 Å². The lowest BCUT2D eigenvalue weighted by Gasteiger charge is -2.22. The van der Waals surface area contributed by atoms with Crippen molar-refractivity contribution in [2.45, 2.75) is 33.1 Å². The summed E-state index contributed by atoms with van der Waals surface area (Å²) in [5.41, 5.74) is 1.30. The first-order chi connectivity index (χ1) is 7.69. The number of aliphatic hydroxyl groups excluding tert-OH is 1. The van der Waals surface area contributed by atoms with Crippen LogP contribution in [0.25, 0.3) is 0 Å². The molecule has 0 radical (unpaired) electrons. The Balaban J connectivity index is 2.66. The average Bonchev–Trinajstić information content (AvgIpc) is 2.28. The number of halogens is 1. The Hall–Kier alpha value is -0.340. The fraction of sp³-hybridized carbons (Fsp3) is 0.571. The van der Waals surface area contributed by atoms with Crippen molar-refractivity contribution in [2.75, 3.05) is 6.61 Å². The second kappa shape index (κ2) is 7.08. The maximum absolute atomic E-state index is 9.46. The monoisotopic (exact) mass is 284 g/mol. The normalized spacial score (nSPS) is 14.8. The molecule has 16 heavy (non-hydrogen) atoms. The van der Waals surface area contributed by atoms with E-state index in [0.717, 1.165) is 10.9 Å². The van der Waals surface area contributed by atoms with Crippen LogP contribution in [-0.4, -0.2) is 11.7 Å². The summed E-state index contributed by atoms with van der Waals surface area (Å²) in [6, 6.07) is 8.27. The van der Waals surface area contributed by atoms with Crippen molar-refractivity contribution in [3.8, 4) is 0 Å². The highest BCUT2D eigenvalue weighted by molar-refractivity contribution is 9.10. The predicted molar refractivity (Wildman–Crippen MR) is 72.5 cm³/mol. The molecule has 1 N–H and O–H groups in total. The lowest BCUT2D eigenvalue weighted by atomic mass is 9.86. The maximum Gasteiger partial charge on any atom is 0.0465 e. The van der Waals surface area contributed by atoms with Gasteiger partial charge in [-0.15, -0.1) is 0 Å². The van der Waals surface area contributed by atoms with Gasteiger partial charge < -0.3 is 5.11 Å². The van der Waals surface area contributed by atoms with Crippen LogP contribution in [0.1, 0.15) is 32.3 Å². The fourth-order valence-corrected chi connectivity index (χ4v) is 2.53. The summed E-state index contributed by atoms with van der Waals surface area (Å²) in [7, 11) is 0. The summed E-state index contributed by atoms with van der Waals surface area (Å²) >= 11 is 3.56. The van der Waals surface area contributed by atoms with Crippen LogP contribution in [0.2, 0.25) is 0 Å². The van der Waals surface area contributed by atoms with Gasteiger partial charge in [0.2, 0.25) is 0 Å². The average molecular weight is 285 g/mol. The third kappa shape index (κ3) is 3.91. The molecule has 2 atom stereocenters. The van der Waals surface area contributed by atoms with E-state index in [4.69, 9.17) is 0 Å². The Kier molecular flexibility index (Phi) is 6.07. The van der Waals surface area contributed by atoms with Crippen molar-refractivity contribution in [1.29, 1.82) is 0 Å². The molecule has 0 fully saturated rings. The summed E-state index contributed by atoms with van der Waals surface area (Å²) in [6.45, 7) is 4.72. The quantitative estimate of drug-likeness (QED) is 0.836. The third-order valence-electron chi connectivity index (χ3n) is 3.22. The van der Waals surface area contributed by atoms with E-state index in [0.29, 0.717) is 11.8 Å². The second-order valence-electron chi connectivity index (χ2n) is 4.50. The lowest BCUT2D eigenvalue weighted by molar-refractivity contribution is 0.176. The third-order valence-corrected chi connectivity index (χ3v) is 4.00. The topological polar surface area (TPSA) is 20.2 Å². The Bertz CT molecular complexity index is 311. The summed E-state index contributed by atoms with van der Waals surface area (Å²) in [4.78, 5) is 0. The van der Waals surface area contributed by atoms with E-state index < -0.39 is 0 Å². The van der Waals surface area contributed by atoms with E-state index in [1.54, 1.807) is 0 Å². The largest absolute Gasteiger partial charge is 0.396 e. The molecule has 2 heteroatoms. The second-order valence-corrected chi connectivity index (χ2v) is 5.36. The first kappa shape index (κ1) is 13.7. The molecule has 0 saturated heterocycles. The van der Waals surface area contributed by atoms with Gasteiger partial charge in [0.25, 0.3) is 0 Å². The first-order valence-corrected chi connectivity index (χ1v) is 6.82. The smallest absolute Gasteiger partial charge is 0.0465 e. The minimum Gasteiger partial charge on any atom is -0.396 e. The van der Waals surface area contributed by atoms with Crippen LogP contribution in [0.4, 0.5) is 0 Å². The number of benzene rings is 1. The zero-order chi connectivity index (χ0) is 12.0. The molecule has 0 saturated carbocycles. The molecule has 1 nitrogen and oxygen atoms in total. The van der Waals surface area contributed by atoms with Crippen molar-refractivity contribution < 1.29 is 5.11 Å². The van der Waals surface area contributed by atoms with Gasteiger partial charge in [0, 0.05) is 11.1 Å². The minimum atomic E-state index is 0.280. The molecular formula is C14H21BrO. The van der Waals surface area contributed by atoms with Crippen molar-refractivity contribution >= 4 is 15.9 Å². The highest BCUT2D eigenvalue weighted by Gasteiger charge is 2.17. The molecule has 2 unspecified atom stereocenters. The van der Waals surface area contributed by atoms with Crippen LogP contribution in [0.3, 0.4) is 0 Å². The molecule has 1 aromatic carbocycles. The number of hydrogen-bond acceptors (Lipinski definition) is 1. The maximum atomic E-state index is 9.46. The van der Waals surface area contributed by atoms with Crippen LogP contribution in [0.15, 0.2) is 28.7 Å². The Labute approximate surface area is 107 Å². The molecule has 0 aliphatic heterocycles. The summed E-state index contributed by atoms with van der Waals surface area (Å²) in [6.07, 6.45) is 3.34. The molecule has 0 spiro atoms.